The van der Waals surface area contributed by atoms with E-state index in [4.69, 9.17) is 9.47 Å². The van der Waals surface area contributed by atoms with Crippen LogP contribution in [-0.4, -0.2) is 84.7 Å². The number of aromatic nitrogens is 2. The maximum Gasteiger partial charge on any atom is 0.225 e. The fourth-order valence-electron chi connectivity index (χ4n) is 3.89. The van der Waals surface area contributed by atoms with E-state index in [0.29, 0.717) is 38.6 Å². The number of anilines is 1. The molecule has 2 aliphatic rings. The van der Waals surface area contributed by atoms with Crippen molar-refractivity contribution in [3.05, 3.63) is 48.3 Å². The zero-order valence-corrected chi connectivity index (χ0v) is 17.4. The van der Waals surface area contributed by atoms with Crippen LogP contribution in [0.1, 0.15) is 12.0 Å². The summed E-state index contributed by atoms with van der Waals surface area (Å²) < 4.78 is 11.2. The number of aliphatic hydroxyl groups is 1. The van der Waals surface area contributed by atoms with Crippen molar-refractivity contribution in [3.63, 3.8) is 0 Å². The van der Waals surface area contributed by atoms with Crippen LogP contribution in [0, 0.1) is 0 Å². The van der Waals surface area contributed by atoms with Gasteiger partial charge in [-0.15, -0.1) is 0 Å². The van der Waals surface area contributed by atoms with Gasteiger partial charge in [-0.25, -0.2) is 9.97 Å². The highest BCUT2D eigenvalue weighted by Gasteiger charge is 2.36. The molecule has 0 spiro atoms. The van der Waals surface area contributed by atoms with Crippen molar-refractivity contribution in [1.82, 2.24) is 20.2 Å². The molecule has 8 heteroatoms. The number of hydrogen-bond acceptors (Lipinski definition) is 8. The van der Waals surface area contributed by atoms with Crippen molar-refractivity contribution in [2.75, 3.05) is 64.0 Å². The molecule has 0 radical (unpaired) electrons. The zero-order chi connectivity index (χ0) is 20.7. The Morgan fingerprint density at radius 1 is 1.10 bits per heavy atom. The number of nitrogens with zero attached hydrogens (tertiary/aromatic N) is 4. The van der Waals surface area contributed by atoms with Crippen LogP contribution in [0.3, 0.4) is 0 Å². The van der Waals surface area contributed by atoms with Gasteiger partial charge in [0.1, 0.15) is 12.4 Å². The van der Waals surface area contributed by atoms with Gasteiger partial charge in [0, 0.05) is 51.7 Å². The highest BCUT2D eigenvalue weighted by Crippen LogP contribution is 2.23. The lowest BCUT2D eigenvalue weighted by molar-refractivity contribution is 0.0322. The third-order valence-electron chi connectivity index (χ3n) is 5.65. The Hall–Kier alpha value is -2.26. The number of nitrogens with one attached hydrogen (secondary N) is 1. The second-order valence-electron chi connectivity index (χ2n) is 7.99. The van der Waals surface area contributed by atoms with Crippen LogP contribution in [0.15, 0.2) is 42.7 Å². The van der Waals surface area contributed by atoms with Crippen molar-refractivity contribution < 1.29 is 14.6 Å². The molecule has 8 nitrogen and oxygen atoms in total. The fourth-order valence-corrected chi connectivity index (χ4v) is 3.89. The minimum absolute atomic E-state index is 0.536. The first-order valence-corrected chi connectivity index (χ1v) is 10.7. The van der Waals surface area contributed by atoms with E-state index in [2.05, 4.69) is 32.3 Å². The van der Waals surface area contributed by atoms with E-state index in [1.807, 2.05) is 17.0 Å². The summed E-state index contributed by atoms with van der Waals surface area (Å²) in [6.07, 6.45) is 4.16. The summed E-state index contributed by atoms with van der Waals surface area (Å²) in [5.41, 5.74) is 0.405. The van der Waals surface area contributed by atoms with Gasteiger partial charge in [-0.05, 0) is 30.2 Å². The molecule has 1 aromatic carbocycles. The van der Waals surface area contributed by atoms with Crippen LogP contribution in [0.2, 0.25) is 0 Å². The predicted octanol–water partition coefficient (Wildman–Crippen LogP) is 0.919. The maximum atomic E-state index is 10.9. The molecule has 0 aliphatic carbocycles. The van der Waals surface area contributed by atoms with Gasteiger partial charge in [-0.3, -0.25) is 4.90 Å². The molecule has 3 heterocycles. The van der Waals surface area contributed by atoms with Crippen LogP contribution in [0.5, 0.6) is 5.75 Å². The quantitative estimate of drug-likeness (QED) is 0.628. The molecule has 2 aromatic rings. The lowest BCUT2D eigenvalue weighted by Crippen LogP contribution is -2.43. The Morgan fingerprint density at radius 3 is 2.63 bits per heavy atom. The van der Waals surface area contributed by atoms with E-state index in [9.17, 15) is 5.11 Å². The van der Waals surface area contributed by atoms with Gasteiger partial charge in [0.15, 0.2) is 0 Å². The second-order valence-corrected chi connectivity index (χ2v) is 7.99. The average molecular weight is 414 g/mol. The third kappa shape index (κ3) is 5.89. The molecule has 2 N–H and O–H groups in total. The number of β-amino-alcohol motifs (C(OH)–C–C–N with tert-alkyl or cyclic N) is 1. The van der Waals surface area contributed by atoms with E-state index < -0.39 is 5.60 Å². The zero-order valence-electron chi connectivity index (χ0n) is 17.4. The molecule has 162 valence electrons. The SMILES string of the molecule is O[C@@]1(CNCc2ccc(OCCN3CCOCC3)cc2)CCN(c2ncccn2)C1. The topological polar surface area (TPSA) is 83.0 Å². The van der Waals surface area contributed by atoms with Gasteiger partial charge in [-0.2, -0.15) is 0 Å². The molecular weight excluding hydrogens is 382 g/mol. The number of rotatable bonds is 9. The molecule has 0 unspecified atom stereocenters. The Labute approximate surface area is 177 Å². The molecule has 0 amide bonds. The van der Waals surface area contributed by atoms with Gasteiger partial charge < -0.3 is 24.8 Å². The summed E-state index contributed by atoms with van der Waals surface area (Å²) >= 11 is 0. The minimum atomic E-state index is -0.762. The van der Waals surface area contributed by atoms with Crippen LogP contribution < -0.4 is 15.0 Å². The maximum absolute atomic E-state index is 10.9. The monoisotopic (exact) mass is 413 g/mol. The van der Waals surface area contributed by atoms with Crippen LogP contribution in [0.4, 0.5) is 5.95 Å². The molecule has 2 saturated heterocycles. The average Bonchev–Trinajstić information content (AvgIpc) is 3.18. The van der Waals surface area contributed by atoms with E-state index in [1.54, 1.807) is 18.5 Å². The Bertz CT molecular complexity index is 770. The van der Waals surface area contributed by atoms with Gasteiger partial charge in [-0.1, -0.05) is 12.1 Å². The first-order valence-electron chi connectivity index (χ1n) is 10.7. The predicted molar refractivity (Wildman–Crippen MR) is 115 cm³/mol. The van der Waals surface area contributed by atoms with Crippen molar-refractivity contribution in [1.29, 1.82) is 0 Å². The van der Waals surface area contributed by atoms with Gasteiger partial charge >= 0.3 is 0 Å². The van der Waals surface area contributed by atoms with Crippen molar-refractivity contribution >= 4 is 5.95 Å². The Morgan fingerprint density at radius 2 is 1.87 bits per heavy atom. The molecule has 0 saturated carbocycles. The summed E-state index contributed by atoms with van der Waals surface area (Å²) in [6, 6.07) is 9.96. The van der Waals surface area contributed by atoms with Gasteiger partial charge in [0.05, 0.1) is 25.4 Å². The first kappa shape index (κ1) is 21.0. The molecule has 1 atom stereocenters. The summed E-state index contributed by atoms with van der Waals surface area (Å²) in [6.45, 7) is 7.75. The molecule has 30 heavy (non-hydrogen) atoms. The standard InChI is InChI=1S/C22H31N5O3/c28-22(6-9-27(18-22)21-24-7-1-8-25-21)17-23-16-19-2-4-20(5-3-19)30-15-12-26-10-13-29-14-11-26/h1-5,7-8,23,28H,6,9-18H2/t22-/m1/s1. The molecule has 4 rings (SSSR count). The van der Waals surface area contributed by atoms with Crippen molar-refractivity contribution in [3.8, 4) is 5.75 Å². The van der Waals surface area contributed by atoms with E-state index in [0.717, 1.165) is 45.1 Å². The van der Waals surface area contributed by atoms with Crippen molar-refractivity contribution in [2.45, 2.75) is 18.6 Å². The molecule has 2 fully saturated rings. The number of morpholine rings is 1. The van der Waals surface area contributed by atoms with E-state index in [-0.39, 0.29) is 0 Å². The molecule has 1 aromatic heterocycles. The normalized spacial score (nSPS) is 22.4. The molecular formula is C22H31N5O3. The number of hydrogen-bond donors (Lipinski definition) is 2. The fraction of sp³-hybridized carbons (Fsp3) is 0.545. The summed E-state index contributed by atoms with van der Waals surface area (Å²) in [4.78, 5) is 12.9. The third-order valence-corrected chi connectivity index (χ3v) is 5.65. The highest BCUT2D eigenvalue weighted by atomic mass is 16.5. The van der Waals surface area contributed by atoms with E-state index >= 15 is 0 Å². The lowest BCUT2D eigenvalue weighted by Gasteiger charge is -2.26. The second kappa shape index (κ2) is 10.2. The Balaban J connectivity index is 1.16. The van der Waals surface area contributed by atoms with Crippen LogP contribution in [0.25, 0.3) is 0 Å². The van der Waals surface area contributed by atoms with Crippen LogP contribution >= 0.6 is 0 Å². The van der Waals surface area contributed by atoms with Gasteiger partial charge in [0.25, 0.3) is 0 Å². The smallest absolute Gasteiger partial charge is 0.225 e. The summed E-state index contributed by atoms with van der Waals surface area (Å²) in [5, 5.41) is 14.2. The first-order chi connectivity index (χ1) is 14.7. The van der Waals surface area contributed by atoms with Crippen LogP contribution in [-0.2, 0) is 11.3 Å². The largest absolute Gasteiger partial charge is 0.492 e. The minimum Gasteiger partial charge on any atom is -0.492 e. The Kier molecular flexibility index (Phi) is 7.11. The summed E-state index contributed by atoms with van der Waals surface area (Å²) in [5.74, 6) is 1.57. The van der Waals surface area contributed by atoms with Gasteiger partial charge in [0.2, 0.25) is 5.95 Å². The summed E-state index contributed by atoms with van der Waals surface area (Å²) in [7, 11) is 0. The highest BCUT2D eigenvalue weighted by molar-refractivity contribution is 5.32. The molecule has 0 bridgehead atoms. The van der Waals surface area contributed by atoms with Crippen molar-refractivity contribution in [2.24, 2.45) is 0 Å². The molecule has 2 aliphatic heterocycles. The number of ether oxygens (including phenoxy) is 2. The van der Waals surface area contributed by atoms with E-state index in [1.165, 1.54) is 5.56 Å². The number of benzene rings is 1. The lowest BCUT2D eigenvalue weighted by atomic mass is 10.0.